The molecule has 0 bridgehead atoms. The van der Waals surface area contributed by atoms with Crippen molar-refractivity contribution in [3.8, 4) is 17.9 Å². The quantitative estimate of drug-likeness (QED) is 0.811. The lowest BCUT2D eigenvalue weighted by atomic mass is 10.0. The summed E-state index contributed by atoms with van der Waals surface area (Å²) in [7, 11) is 1.57. The van der Waals surface area contributed by atoms with Gasteiger partial charge >= 0.3 is 0 Å². The van der Waals surface area contributed by atoms with Gasteiger partial charge in [-0.05, 0) is 29.1 Å². The van der Waals surface area contributed by atoms with Crippen LogP contribution in [0.3, 0.4) is 0 Å². The Bertz CT molecular complexity index is 768. The zero-order valence-electron chi connectivity index (χ0n) is 11.8. The summed E-state index contributed by atoms with van der Waals surface area (Å²) in [5.74, 6) is -0.415. The number of hydrogen-bond acceptors (Lipinski definition) is 5. The number of carbonyl (C=O) groups is 1. The van der Waals surface area contributed by atoms with E-state index in [0.717, 1.165) is 5.56 Å². The predicted octanol–water partition coefficient (Wildman–Crippen LogP) is 3.39. The van der Waals surface area contributed by atoms with Crippen molar-refractivity contribution in [2.75, 3.05) is 7.11 Å². The van der Waals surface area contributed by atoms with E-state index in [2.05, 4.69) is 12.1 Å². The summed E-state index contributed by atoms with van der Waals surface area (Å²) in [6.07, 6.45) is 0. The molecule has 1 saturated carbocycles. The SMILES string of the molecule is COc1ccc([C@H]2[C@H](C(=O)c3cccs3)C2(C#N)C#N)cc1. The second kappa shape index (κ2) is 5.29. The first-order valence-electron chi connectivity index (χ1n) is 6.72. The first-order valence-corrected chi connectivity index (χ1v) is 7.60. The molecule has 1 aliphatic carbocycles. The Kier molecular flexibility index (Phi) is 3.44. The highest BCUT2D eigenvalue weighted by atomic mass is 32.1. The van der Waals surface area contributed by atoms with Gasteiger partial charge in [0.1, 0.15) is 5.75 Å². The van der Waals surface area contributed by atoms with E-state index in [1.165, 1.54) is 11.3 Å². The molecule has 2 aromatic rings. The Morgan fingerprint density at radius 1 is 1.23 bits per heavy atom. The molecule has 108 valence electrons. The molecule has 1 fully saturated rings. The van der Waals surface area contributed by atoms with Crippen molar-refractivity contribution in [3.05, 3.63) is 52.2 Å². The van der Waals surface area contributed by atoms with Crippen LogP contribution in [0.15, 0.2) is 41.8 Å². The van der Waals surface area contributed by atoms with Gasteiger partial charge in [-0.25, -0.2) is 0 Å². The molecule has 0 saturated heterocycles. The molecule has 5 heteroatoms. The molecule has 22 heavy (non-hydrogen) atoms. The summed E-state index contributed by atoms with van der Waals surface area (Å²) in [4.78, 5) is 13.2. The molecule has 1 heterocycles. The summed E-state index contributed by atoms with van der Waals surface area (Å²) in [6.45, 7) is 0. The number of carbonyl (C=O) groups excluding carboxylic acids is 1. The van der Waals surface area contributed by atoms with E-state index < -0.39 is 11.3 Å². The molecule has 0 N–H and O–H groups in total. The summed E-state index contributed by atoms with van der Waals surface area (Å²) >= 11 is 1.34. The Labute approximate surface area is 132 Å². The average molecular weight is 308 g/mol. The maximum atomic E-state index is 12.6. The largest absolute Gasteiger partial charge is 0.497 e. The Hall–Kier alpha value is -2.63. The zero-order valence-corrected chi connectivity index (χ0v) is 12.6. The van der Waals surface area contributed by atoms with Crippen molar-refractivity contribution in [1.29, 1.82) is 10.5 Å². The summed E-state index contributed by atoms with van der Waals surface area (Å²) in [5, 5.41) is 20.7. The number of hydrogen-bond donors (Lipinski definition) is 0. The van der Waals surface area contributed by atoms with Gasteiger partial charge < -0.3 is 4.74 Å². The topological polar surface area (TPSA) is 73.9 Å². The number of Topliss-reactive ketones (excluding diaryl/α,β-unsaturated/α-hetero) is 1. The molecule has 1 aromatic heterocycles. The molecule has 0 aliphatic heterocycles. The van der Waals surface area contributed by atoms with Gasteiger partial charge in [-0.1, -0.05) is 18.2 Å². The van der Waals surface area contributed by atoms with Gasteiger partial charge in [0, 0.05) is 5.92 Å². The molecule has 1 aliphatic rings. The molecular weight excluding hydrogens is 296 g/mol. The average Bonchev–Trinajstić information content (AvgIpc) is 2.92. The van der Waals surface area contributed by atoms with Gasteiger partial charge in [-0.3, -0.25) is 4.79 Å². The standard InChI is InChI=1S/C17H12N2O2S/c1-21-12-6-4-11(5-7-12)14-15(17(14,9-18)10-19)16(20)13-3-2-8-22-13/h2-8,14-15H,1H3/t14-,15+/m0/s1. The van der Waals surface area contributed by atoms with E-state index in [4.69, 9.17) is 4.74 Å². The van der Waals surface area contributed by atoms with E-state index in [-0.39, 0.29) is 11.7 Å². The van der Waals surface area contributed by atoms with E-state index in [9.17, 15) is 15.3 Å². The van der Waals surface area contributed by atoms with Crippen LogP contribution < -0.4 is 4.74 Å². The van der Waals surface area contributed by atoms with E-state index >= 15 is 0 Å². The van der Waals surface area contributed by atoms with Crippen LogP contribution in [-0.4, -0.2) is 12.9 Å². The molecule has 2 atom stereocenters. The highest BCUT2D eigenvalue weighted by molar-refractivity contribution is 7.12. The summed E-state index contributed by atoms with van der Waals surface area (Å²) in [5.41, 5.74) is -0.450. The van der Waals surface area contributed by atoms with E-state index in [0.29, 0.717) is 10.6 Å². The van der Waals surface area contributed by atoms with Crippen LogP contribution in [0, 0.1) is 34.0 Å². The predicted molar refractivity (Wildman–Crippen MR) is 81.5 cm³/mol. The molecular formula is C17H12N2O2S. The molecule has 0 radical (unpaired) electrons. The summed E-state index contributed by atoms with van der Waals surface area (Å²) < 4.78 is 5.11. The van der Waals surface area contributed by atoms with E-state index in [1.54, 1.807) is 31.4 Å². The van der Waals surface area contributed by atoms with Crippen LogP contribution in [0.2, 0.25) is 0 Å². The fraction of sp³-hybridized carbons (Fsp3) is 0.235. The molecule has 0 unspecified atom stereocenters. The number of nitrogens with zero attached hydrogens (tertiary/aromatic N) is 2. The minimum atomic E-state index is -1.27. The van der Waals surface area contributed by atoms with Crippen LogP contribution >= 0.6 is 11.3 Å². The Morgan fingerprint density at radius 2 is 1.91 bits per heavy atom. The second-order valence-corrected chi connectivity index (χ2v) is 6.11. The normalized spacial score (nSPS) is 21.4. The second-order valence-electron chi connectivity index (χ2n) is 5.16. The van der Waals surface area contributed by atoms with Crippen molar-refractivity contribution in [2.45, 2.75) is 5.92 Å². The molecule has 3 rings (SSSR count). The van der Waals surface area contributed by atoms with Crippen LogP contribution in [0.4, 0.5) is 0 Å². The number of methoxy groups -OCH3 is 1. The third-order valence-corrected chi connectivity index (χ3v) is 4.98. The molecule has 1 aromatic carbocycles. The Balaban J connectivity index is 1.97. The Morgan fingerprint density at radius 3 is 2.41 bits per heavy atom. The van der Waals surface area contributed by atoms with Crippen LogP contribution in [0.5, 0.6) is 5.75 Å². The van der Waals surface area contributed by atoms with Crippen LogP contribution in [0.1, 0.15) is 21.2 Å². The smallest absolute Gasteiger partial charge is 0.179 e. The van der Waals surface area contributed by atoms with Gasteiger partial charge in [0.2, 0.25) is 0 Å². The number of ether oxygens (including phenoxy) is 1. The minimum absolute atomic E-state index is 0.126. The first kappa shape index (κ1) is 14.3. The van der Waals surface area contributed by atoms with Gasteiger partial charge in [0.15, 0.2) is 11.2 Å². The van der Waals surface area contributed by atoms with Crippen molar-refractivity contribution in [1.82, 2.24) is 0 Å². The number of thiophene rings is 1. The fourth-order valence-corrected chi connectivity index (χ4v) is 3.59. The molecule has 0 amide bonds. The third kappa shape index (κ3) is 1.99. The third-order valence-electron chi connectivity index (χ3n) is 4.10. The van der Waals surface area contributed by atoms with Crippen molar-refractivity contribution in [2.24, 2.45) is 11.3 Å². The van der Waals surface area contributed by atoms with Gasteiger partial charge in [0.25, 0.3) is 0 Å². The number of ketones is 1. The maximum Gasteiger partial charge on any atom is 0.179 e. The van der Waals surface area contributed by atoms with Crippen LogP contribution in [-0.2, 0) is 0 Å². The number of rotatable bonds is 4. The van der Waals surface area contributed by atoms with Gasteiger partial charge in [-0.15, -0.1) is 11.3 Å². The summed E-state index contributed by atoms with van der Waals surface area (Å²) in [6, 6.07) is 14.8. The van der Waals surface area contributed by atoms with Gasteiger partial charge in [0.05, 0.1) is 30.0 Å². The van der Waals surface area contributed by atoms with Crippen molar-refractivity contribution >= 4 is 17.1 Å². The lowest BCUT2D eigenvalue weighted by Gasteiger charge is -2.02. The van der Waals surface area contributed by atoms with E-state index in [1.807, 2.05) is 17.5 Å². The monoisotopic (exact) mass is 308 g/mol. The zero-order chi connectivity index (χ0) is 15.7. The first-order chi connectivity index (χ1) is 10.7. The highest BCUT2D eigenvalue weighted by Crippen LogP contribution is 2.65. The lowest BCUT2D eigenvalue weighted by Crippen LogP contribution is -2.06. The van der Waals surface area contributed by atoms with Crippen molar-refractivity contribution < 1.29 is 9.53 Å². The molecule has 4 nitrogen and oxygen atoms in total. The fourth-order valence-electron chi connectivity index (χ4n) is 2.89. The highest BCUT2D eigenvalue weighted by Gasteiger charge is 2.70. The number of benzene rings is 1. The van der Waals surface area contributed by atoms with Crippen LogP contribution in [0.25, 0.3) is 0 Å². The minimum Gasteiger partial charge on any atom is -0.497 e. The maximum absolute atomic E-state index is 12.6. The lowest BCUT2D eigenvalue weighted by molar-refractivity contribution is 0.0962. The molecule has 0 spiro atoms. The number of nitriles is 2. The van der Waals surface area contributed by atoms with Gasteiger partial charge in [-0.2, -0.15) is 10.5 Å². The van der Waals surface area contributed by atoms with Crippen molar-refractivity contribution in [3.63, 3.8) is 0 Å².